The van der Waals surface area contributed by atoms with Crippen molar-refractivity contribution in [2.24, 2.45) is 0 Å². The van der Waals surface area contributed by atoms with Crippen molar-refractivity contribution in [2.45, 2.75) is 0 Å². The third-order valence-electron chi connectivity index (χ3n) is 3.04. The highest BCUT2D eigenvalue weighted by molar-refractivity contribution is 5.75. The molecule has 0 saturated carbocycles. The maximum atomic E-state index is 12.0. The lowest BCUT2D eigenvalue weighted by atomic mass is 10.2. The van der Waals surface area contributed by atoms with Crippen molar-refractivity contribution in [3.63, 3.8) is 0 Å². The molecule has 7 heteroatoms. The second kappa shape index (κ2) is 6.18. The minimum Gasteiger partial charge on any atom is -0.453 e. The number of rotatable bonds is 0. The molecular weight excluding hydrogens is 301 g/mol. The number of hydrogen-bond acceptors (Lipinski definition) is 4. The van der Waals surface area contributed by atoms with Crippen molar-refractivity contribution in [1.82, 2.24) is 9.97 Å². The number of ether oxygens (including phenoxy) is 1. The molecule has 116 valence electrons. The SMILES string of the molecule is O=c1[nH]cc(F)c(=O)[nH]1.c1ccc2c(c1)Nc1ccccc1O2. The number of aromatic amines is 2. The first-order valence-electron chi connectivity index (χ1n) is 6.74. The fourth-order valence-corrected chi connectivity index (χ4v) is 1.97. The lowest BCUT2D eigenvalue weighted by Gasteiger charge is -2.20. The molecule has 0 atom stereocenters. The van der Waals surface area contributed by atoms with Gasteiger partial charge in [-0.15, -0.1) is 0 Å². The van der Waals surface area contributed by atoms with Crippen LogP contribution in [0.2, 0.25) is 0 Å². The summed E-state index contributed by atoms with van der Waals surface area (Å²) in [6.07, 6.45) is 0.709. The molecule has 3 aromatic rings. The zero-order chi connectivity index (χ0) is 16.2. The van der Waals surface area contributed by atoms with Crippen LogP contribution in [0.15, 0.2) is 64.3 Å². The molecular formula is C16H12FN3O3. The van der Waals surface area contributed by atoms with Gasteiger partial charge >= 0.3 is 5.69 Å². The van der Waals surface area contributed by atoms with Crippen molar-refractivity contribution < 1.29 is 9.13 Å². The van der Waals surface area contributed by atoms with Gasteiger partial charge in [0.2, 0.25) is 5.82 Å². The van der Waals surface area contributed by atoms with Crippen LogP contribution < -0.4 is 21.3 Å². The third-order valence-corrected chi connectivity index (χ3v) is 3.04. The molecule has 0 amide bonds. The van der Waals surface area contributed by atoms with E-state index >= 15 is 0 Å². The van der Waals surface area contributed by atoms with Gasteiger partial charge in [-0.05, 0) is 24.3 Å². The minimum atomic E-state index is -1.00. The first kappa shape index (κ1) is 14.6. The maximum Gasteiger partial charge on any atom is 0.325 e. The van der Waals surface area contributed by atoms with Crippen molar-refractivity contribution >= 4 is 11.4 Å². The second-order valence-electron chi connectivity index (χ2n) is 4.64. The Morgan fingerprint density at radius 3 is 1.96 bits per heavy atom. The van der Waals surface area contributed by atoms with Gasteiger partial charge < -0.3 is 15.0 Å². The molecule has 2 aromatic carbocycles. The Morgan fingerprint density at radius 1 is 0.870 bits per heavy atom. The third kappa shape index (κ3) is 3.29. The summed E-state index contributed by atoms with van der Waals surface area (Å²) in [7, 11) is 0. The van der Waals surface area contributed by atoms with E-state index in [1.807, 2.05) is 53.5 Å². The minimum absolute atomic E-state index is 0.707. The fraction of sp³-hybridized carbons (Fsp3) is 0. The highest BCUT2D eigenvalue weighted by Gasteiger charge is 2.13. The highest BCUT2D eigenvalue weighted by Crippen LogP contribution is 2.40. The molecule has 0 bridgehead atoms. The molecule has 6 nitrogen and oxygen atoms in total. The summed E-state index contributed by atoms with van der Waals surface area (Å²) in [6.45, 7) is 0. The summed E-state index contributed by atoms with van der Waals surface area (Å²) in [4.78, 5) is 24.0. The standard InChI is InChI=1S/C12H9NO.C4H3FN2O2/c1-3-7-11-9(5-1)13-10-6-2-4-8-12(10)14-11;5-2-1-6-4(9)7-3(2)8/h1-8,13H;1H,(H2,6,7,8,9). The van der Waals surface area contributed by atoms with Crippen LogP contribution in [0.3, 0.4) is 0 Å². The number of nitrogens with one attached hydrogen (secondary N) is 3. The van der Waals surface area contributed by atoms with Gasteiger partial charge in [0.05, 0.1) is 11.4 Å². The van der Waals surface area contributed by atoms with Gasteiger partial charge in [-0.2, -0.15) is 4.39 Å². The molecule has 2 heterocycles. The summed E-state index contributed by atoms with van der Waals surface area (Å²) < 4.78 is 17.7. The lowest BCUT2D eigenvalue weighted by molar-refractivity contribution is 0.481. The average molecular weight is 313 g/mol. The van der Waals surface area contributed by atoms with E-state index in [9.17, 15) is 14.0 Å². The summed E-state index contributed by atoms with van der Waals surface area (Å²) in [5.74, 6) is 0.770. The first-order chi connectivity index (χ1) is 11.1. The van der Waals surface area contributed by atoms with Crippen LogP contribution in [0.1, 0.15) is 0 Å². The second-order valence-corrected chi connectivity index (χ2v) is 4.64. The molecule has 3 N–H and O–H groups in total. The molecule has 0 saturated heterocycles. The van der Waals surface area contributed by atoms with Crippen molar-refractivity contribution in [3.8, 4) is 11.5 Å². The molecule has 23 heavy (non-hydrogen) atoms. The van der Waals surface area contributed by atoms with E-state index in [-0.39, 0.29) is 0 Å². The van der Waals surface area contributed by atoms with Crippen molar-refractivity contribution in [2.75, 3.05) is 5.32 Å². The zero-order valence-corrected chi connectivity index (χ0v) is 11.8. The normalized spacial score (nSPS) is 11.0. The van der Waals surface area contributed by atoms with E-state index in [1.165, 1.54) is 0 Å². The van der Waals surface area contributed by atoms with Crippen molar-refractivity contribution in [3.05, 3.63) is 81.4 Å². The van der Waals surface area contributed by atoms with Gasteiger partial charge in [0.25, 0.3) is 5.56 Å². The first-order valence-corrected chi connectivity index (χ1v) is 6.74. The van der Waals surface area contributed by atoms with Crippen LogP contribution in [0.25, 0.3) is 0 Å². The van der Waals surface area contributed by atoms with E-state index in [4.69, 9.17) is 4.74 Å². The Morgan fingerprint density at radius 2 is 1.43 bits per heavy atom. The van der Waals surface area contributed by atoms with Crippen LogP contribution in [0.5, 0.6) is 11.5 Å². The molecule has 0 radical (unpaired) electrons. The number of aromatic nitrogens is 2. The Balaban J connectivity index is 0.000000151. The van der Waals surface area contributed by atoms with Gasteiger partial charge in [-0.25, -0.2) is 4.79 Å². The van der Waals surface area contributed by atoms with E-state index in [1.54, 1.807) is 4.98 Å². The van der Waals surface area contributed by atoms with E-state index in [0.717, 1.165) is 22.9 Å². The summed E-state index contributed by atoms with van der Waals surface area (Å²) >= 11 is 0. The molecule has 1 aliphatic rings. The number of halogens is 1. The Labute approximate surface area is 129 Å². The fourth-order valence-electron chi connectivity index (χ4n) is 1.97. The van der Waals surface area contributed by atoms with Gasteiger partial charge in [-0.3, -0.25) is 9.78 Å². The lowest BCUT2D eigenvalue weighted by Crippen LogP contribution is -2.23. The molecule has 0 unspecified atom stereocenters. The number of anilines is 2. The van der Waals surface area contributed by atoms with Crippen LogP contribution >= 0.6 is 0 Å². The largest absolute Gasteiger partial charge is 0.453 e. The molecule has 0 aliphatic carbocycles. The van der Waals surface area contributed by atoms with Gasteiger partial charge in [0.1, 0.15) is 0 Å². The predicted octanol–water partition coefficient (Wildman–Crippen LogP) is 2.74. The smallest absolute Gasteiger partial charge is 0.325 e. The number of hydrogen-bond donors (Lipinski definition) is 3. The van der Waals surface area contributed by atoms with Crippen LogP contribution in [-0.2, 0) is 0 Å². The Bertz CT molecular complexity index is 862. The average Bonchev–Trinajstić information content (AvgIpc) is 2.57. The van der Waals surface area contributed by atoms with Crippen molar-refractivity contribution in [1.29, 1.82) is 0 Å². The zero-order valence-electron chi connectivity index (χ0n) is 11.8. The number of para-hydroxylation sites is 4. The van der Waals surface area contributed by atoms with E-state index in [2.05, 4.69) is 5.32 Å². The summed E-state index contributed by atoms with van der Waals surface area (Å²) in [5, 5.41) is 3.32. The topological polar surface area (TPSA) is 87.0 Å². The highest BCUT2D eigenvalue weighted by atomic mass is 19.1. The molecule has 0 fully saturated rings. The van der Waals surface area contributed by atoms with E-state index in [0.29, 0.717) is 6.20 Å². The van der Waals surface area contributed by atoms with Crippen LogP contribution in [0.4, 0.5) is 15.8 Å². The van der Waals surface area contributed by atoms with Crippen LogP contribution in [0, 0.1) is 5.82 Å². The maximum absolute atomic E-state index is 12.0. The van der Waals surface area contributed by atoms with E-state index < -0.39 is 17.1 Å². The van der Waals surface area contributed by atoms with Gasteiger partial charge in [0, 0.05) is 6.20 Å². The van der Waals surface area contributed by atoms with Crippen LogP contribution in [-0.4, -0.2) is 9.97 Å². The summed E-state index contributed by atoms with van der Waals surface area (Å²) in [5.41, 5.74) is 0.331. The number of H-pyrrole nitrogens is 2. The quantitative estimate of drug-likeness (QED) is 0.466. The monoisotopic (exact) mass is 313 g/mol. The Hall–Kier alpha value is -3.35. The Kier molecular flexibility index (Phi) is 3.92. The van der Waals surface area contributed by atoms with Gasteiger partial charge in [-0.1, -0.05) is 24.3 Å². The molecule has 4 rings (SSSR count). The number of fused-ring (bicyclic) bond motifs is 2. The summed E-state index contributed by atoms with van der Waals surface area (Å²) in [6, 6.07) is 15.8. The van der Waals surface area contributed by atoms with Gasteiger partial charge in [0.15, 0.2) is 11.5 Å². The molecule has 1 aliphatic heterocycles. The number of benzene rings is 2. The molecule has 0 spiro atoms. The predicted molar refractivity (Wildman–Crippen MR) is 83.9 cm³/mol. The molecule has 1 aromatic heterocycles.